The van der Waals surface area contributed by atoms with Crippen molar-refractivity contribution in [1.82, 2.24) is 16.0 Å². The molecule has 6 heteroatoms. The molecule has 1 unspecified atom stereocenters. The second-order valence-corrected chi connectivity index (χ2v) is 6.63. The van der Waals surface area contributed by atoms with E-state index in [1.165, 1.54) is 32.1 Å². The van der Waals surface area contributed by atoms with Gasteiger partial charge in [-0.05, 0) is 110 Å². The van der Waals surface area contributed by atoms with Gasteiger partial charge in [0.2, 0.25) is 0 Å². The van der Waals surface area contributed by atoms with Crippen LogP contribution in [0.25, 0.3) is 0 Å². The lowest BCUT2D eigenvalue weighted by Gasteiger charge is -2.18. The molecule has 0 saturated carbocycles. The van der Waals surface area contributed by atoms with Crippen molar-refractivity contribution in [3.8, 4) is 0 Å². The third-order valence-corrected chi connectivity index (χ3v) is 4.29. The van der Waals surface area contributed by atoms with Crippen LogP contribution < -0.4 is 33.2 Å². The van der Waals surface area contributed by atoms with Crippen LogP contribution in [-0.4, -0.2) is 58.9 Å². The summed E-state index contributed by atoms with van der Waals surface area (Å²) >= 11 is 0. The third-order valence-electron chi connectivity index (χ3n) is 4.29. The summed E-state index contributed by atoms with van der Waals surface area (Å²) in [5, 5.41) is 10.5. The number of rotatable bonds is 20. The summed E-state index contributed by atoms with van der Waals surface area (Å²) in [6, 6.07) is 0. The second kappa shape index (κ2) is 20.8. The first kappa shape index (κ1) is 23.8. The zero-order chi connectivity index (χ0) is 17.7. The number of nitrogens with one attached hydrogen (secondary N) is 3. The molecule has 0 rings (SSSR count). The van der Waals surface area contributed by atoms with Crippen LogP contribution >= 0.6 is 0 Å². The average molecular weight is 345 g/mol. The minimum Gasteiger partial charge on any atom is -0.330 e. The van der Waals surface area contributed by atoms with E-state index >= 15 is 0 Å². The van der Waals surface area contributed by atoms with Crippen molar-refractivity contribution in [1.29, 1.82) is 0 Å². The fourth-order valence-electron chi connectivity index (χ4n) is 2.78. The Hall–Kier alpha value is -0.240. The van der Waals surface area contributed by atoms with Gasteiger partial charge in [0.1, 0.15) is 0 Å². The molecule has 0 amide bonds. The zero-order valence-corrected chi connectivity index (χ0v) is 15.8. The van der Waals surface area contributed by atoms with Gasteiger partial charge in [-0.15, -0.1) is 0 Å². The van der Waals surface area contributed by atoms with Gasteiger partial charge in [-0.25, -0.2) is 0 Å². The van der Waals surface area contributed by atoms with Crippen molar-refractivity contribution >= 4 is 0 Å². The number of hydrogen-bond donors (Lipinski definition) is 6. The van der Waals surface area contributed by atoms with Gasteiger partial charge in [-0.3, -0.25) is 0 Å². The Morgan fingerprint density at radius 2 is 0.958 bits per heavy atom. The molecular formula is C18H44N6. The van der Waals surface area contributed by atoms with Gasteiger partial charge in [0.15, 0.2) is 0 Å². The molecule has 0 fully saturated rings. The molecule has 0 aliphatic carbocycles. The first-order valence-electron chi connectivity index (χ1n) is 10.1. The van der Waals surface area contributed by atoms with Crippen LogP contribution in [0, 0.1) is 5.92 Å². The molecule has 0 saturated heterocycles. The highest BCUT2D eigenvalue weighted by Crippen LogP contribution is 2.14. The van der Waals surface area contributed by atoms with Gasteiger partial charge in [-0.1, -0.05) is 6.42 Å². The molecule has 0 spiro atoms. The molecule has 0 heterocycles. The Labute approximate surface area is 150 Å². The van der Waals surface area contributed by atoms with Crippen molar-refractivity contribution in [2.75, 3.05) is 58.9 Å². The molecule has 0 aliphatic rings. The Morgan fingerprint density at radius 1 is 0.500 bits per heavy atom. The van der Waals surface area contributed by atoms with Crippen molar-refractivity contribution in [3.05, 3.63) is 0 Å². The summed E-state index contributed by atoms with van der Waals surface area (Å²) in [4.78, 5) is 0. The molecular weight excluding hydrogens is 300 g/mol. The van der Waals surface area contributed by atoms with Crippen LogP contribution in [0.3, 0.4) is 0 Å². The smallest absolute Gasteiger partial charge is 0.00205 e. The lowest BCUT2D eigenvalue weighted by molar-refractivity contribution is 0.386. The standard InChI is InChI=1S/C18H44N6/c19-9-4-14-22-12-2-1-7-18(17-24-16-6-11-21)8-3-13-23-15-5-10-20/h18,22-24H,1-17,19-21H2. The molecule has 9 N–H and O–H groups in total. The fraction of sp³-hybridized carbons (Fsp3) is 1.00. The molecule has 0 aliphatic heterocycles. The van der Waals surface area contributed by atoms with Crippen molar-refractivity contribution < 1.29 is 0 Å². The molecule has 0 bridgehead atoms. The highest BCUT2D eigenvalue weighted by atomic mass is 14.9. The summed E-state index contributed by atoms with van der Waals surface area (Å²) in [7, 11) is 0. The van der Waals surface area contributed by atoms with Gasteiger partial charge in [0, 0.05) is 0 Å². The van der Waals surface area contributed by atoms with Crippen LogP contribution in [0.15, 0.2) is 0 Å². The Morgan fingerprint density at radius 3 is 1.54 bits per heavy atom. The molecule has 24 heavy (non-hydrogen) atoms. The molecule has 0 radical (unpaired) electrons. The number of hydrogen-bond acceptors (Lipinski definition) is 6. The van der Waals surface area contributed by atoms with E-state index in [1.54, 1.807) is 0 Å². The Balaban J connectivity index is 3.70. The third kappa shape index (κ3) is 18.1. The zero-order valence-electron chi connectivity index (χ0n) is 15.8. The molecule has 0 aromatic heterocycles. The van der Waals surface area contributed by atoms with E-state index in [2.05, 4.69) is 16.0 Å². The van der Waals surface area contributed by atoms with Gasteiger partial charge < -0.3 is 33.2 Å². The molecule has 6 nitrogen and oxygen atoms in total. The van der Waals surface area contributed by atoms with Gasteiger partial charge in [-0.2, -0.15) is 0 Å². The van der Waals surface area contributed by atoms with Crippen molar-refractivity contribution in [2.24, 2.45) is 23.1 Å². The quantitative estimate of drug-likeness (QED) is 0.178. The predicted molar refractivity (Wildman–Crippen MR) is 106 cm³/mol. The van der Waals surface area contributed by atoms with Crippen LogP contribution in [0.4, 0.5) is 0 Å². The van der Waals surface area contributed by atoms with Crippen LogP contribution in [-0.2, 0) is 0 Å². The summed E-state index contributed by atoms with van der Waals surface area (Å²) in [6.45, 7) is 8.83. The predicted octanol–water partition coefficient (Wildman–Crippen LogP) is 0.368. The van der Waals surface area contributed by atoms with E-state index in [0.29, 0.717) is 0 Å². The maximum Gasteiger partial charge on any atom is -0.00205 e. The van der Waals surface area contributed by atoms with Crippen LogP contribution in [0.2, 0.25) is 0 Å². The topological polar surface area (TPSA) is 114 Å². The lowest BCUT2D eigenvalue weighted by Crippen LogP contribution is -2.27. The summed E-state index contributed by atoms with van der Waals surface area (Å²) in [5.74, 6) is 0.781. The summed E-state index contributed by atoms with van der Waals surface area (Å²) in [6.07, 6.45) is 9.65. The van der Waals surface area contributed by atoms with Crippen molar-refractivity contribution in [2.45, 2.75) is 51.4 Å². The summed E-state index contributed by atoms with van der Waals surface area (Å²) < 4.78 is 0. The molecule has 1 atom stereocenters. The first-order chi connectivity index (χ1) is 11.8. The highest BCUT2D eigenvalue weighted by molar-refractivity contribution is 4.65. The molecule has 0 aromatic rings. The minimum atomic E-state index is 0.775. The largest absolute Gasteiger partial charge is 0.330 e. The number of unbranched alkanes of at least 4 members (excludes halogenated alkanes) is 1. The van der Waals surface area contributed by atoms with E-state index in [4.69, 9.17) is 17.2 Å². The summed E-state index contributed by atoms with van der Waals surface area (Å²) in [5.41, 5.74) is 16.6. The Kier molecular flexibility index (Phi) is 20.6. The normalized spacial score (nSPS) is 12.6. The van der Waals surface area contributed by atoms with Crippen LogP contribution in [0.1, 0.15) is 51.4 Å². The number of nitrogens with two attached hydrogens (primary N) is 3. The first-order valence-corrected chi connectivity index (χ1v) is 10.1. The van der Waals surface area contributed by atoms with E-state index in [0.717, 1.165) is 84.1 Å². The van der Waals surface area contributed by atoms with Crippen LogP contribution in [0.5, 0.6) is 0 Å². The van der Waals surface area contributed by atoms with E-state index in [-0.39, 0.29) is 0 Å². The maximum atomic E-state index is 5.56. The fourth-order valence-corrected chi connectivity index (χ4v) is 2.78. The van der Waals surface area contributed by atoms with Gasteiger partial charge in [0.05, 0.1) is 0 Å². The Bertz CT molecular complexity index is 228. The lowest BCUT2D eigenvalue weighted by atomic mass is 9.96. The minimum absolute atomic E-state index is 0.775. The second-order valence-electron chi connectivity index (χ2n) is 6.63. The molecule has 0 aromatic carbocycles. The van der Waals surface area contributed by atoms with Crippen molar-refractivity contribution in [3.63, 3.8) is 0 Å². The van der Waals surface area contributed by atoms with E-state index in [9.17, 15) is 0 Å². The SMILES string of the molecule is NCCCNCCCCC(CCCNCCCN)CNCCCN. The van der Waals surface area contributed by atoms with Gasteiger partial charge >= 0.3 is 0 Å². The van der Waals surface area contributed by atoms with E-state index in [1.807, 2.05) is 0 Å². The maximum absolute atomic E-state index is 5.56. The van der Waals surface area contributed by atoms with E-state index < -0.39 is 0 Å². The van der Waals surface area contributed by atoms with Gasteiger partial charge in [0.25, 0.3) is 0 Å². The monoisotopic (exact) mass is 344 g/mol. The average Bonchev–Trinajstić information content (AvgIpc) is 2.60. The molecule has 146 valence electrons. The highest BCUT2D eigenvalue weighted by Gasteiger charge is 2.08.